The van der Waals surface area contributed by atoms with Crippen molar-refractivity contribution in [2.24, 2.45) is 7.05 Å². The SMILES string of the molecule is Cc1cc(=O)n(C)nc1-c1ccc(N2CCNC2=O)cc1. The van der Waals surface area contributed by atoms with Crippen LogP contribution in [0.5, 0.6) is 0 Å². The molecule has 1 fully saturated rings. The maximum atomic E-state index is 11.6. The van der Waals surface area contributed by atoms with Crippen LogP contribution in [0.2, 0.25) is 0 Å². The van der Waals surface area contributed by atoms with E-state index >= 15 is 0 Å². The summed E-state index contributed by atoms with van der Waals surface area (Å²) in [6.45, 7) is 3.21. The number of benzene rings is 1. The van der Waals surface area contributed by atoms with Gasteiger partial charge in [-0.2, -0.15) is 5.10 Å². The molecule has 1 aromatic heterocycles. The molecule has 1 saturated heterocycles. The Morgan fingerprint density at radius 1 is 1.19 bits per heavy atom. The van der Waals surface area contributed by atoms with Crippen molar-refractivity contribution < 1.29 is 4.79 Å². The number of hydrogen-bond donors (Lipinski definition) is 1. The number of rotatable bonds is 2. The summed E-state index contributed by atoms with van der Waals surface area (Å²) in [6, 6.07) is 9.13. The fourth-order valence-corrected chi connectivity index (χ4v) is 2.43. The number of anilines is 1. The molecule has 3 rings (SSSR count). The van der Waals surface area contributed by atoms with Crippen molar-refractivity contribution in [3.8, 4) is 11.3 Å². The number of nitrogens with zero attached hydrogens (tertiary/aromatic N) is 3. The van der Waals surface area contributed by atoms with Crippen molar-refractivity contribution in [2.75, 3.05) is 18.0 Å². The van der Waals surface area contributed by atoms with Crippen LogP contribution in [0.4, 0.5) is 10.5 Å². The maximum Gasteiger partial charge on any atom is 0.321 e. The second-order valence-electron chi connectivity index (χ2n) is 5.07. The van der Waals surface area contributed by atoms with Crippen LogP contribution >= 0.6 is 0 Å². The molecule has 6 nitrogen and oxygen atoms in total. The molecule has 0 bridgehead atoms. The van der Waals surface area contributed by atoms with Crippen LogP contribution in [0.1, 0.15) is 5.56 Å². The Balaban J connectivity index is 1.96. The number of carbonyl (C=O) groups excluding carboxylic acids is 1. The lowest BCUT2D eigenvalue weighted by molar-refractivity contribution is 0.252. The van der Waals surface area contributed by atoms with Crippen LogP contribution in [0, 0.1) is 6.92 Å². The van der Waals surface area contributed by atoms with Gasteiger partial charge in [0.05, 0.1) is 5.69 Å². The normalized spacial score (nSPS) is 14.4. The molecule has 1 aromatic carbocycles. The lowest BCUT2D eigenvalue weighted by atomic mass is 10.1. The first-order valence-corrected chi connectivity index (χ1v) is 6.77. The minimum absolute atomic E-state index is 0.0702. The first kappa shape index (κ1) is 13.4. The quantitative estimate of drug-likeness (QED) is 0.903. The molecule has 0 spiro atoms. The van der Waals surface area contributed by atoms with Crippen molar-refractivity contribution >= 4 is 11.7 Å². The van der Waals surface area contributed by atoms with E-state index in [0.717, 1.165) is 22.5 Å². The number of carbonyl (C=O) groups is 1. The predicted molar refractivity (Wildman–Crippen MR) is 80.4 cm³/mol. The highest BCUT2D eigenvalue weighted by molar-refractivity contribution is 5.94. The Hall–Kier alpha value is -2.63. The topological polar surface area (TPSA) is 67.2 Å². The monoisotopic (exact) mass is 284 g/mol. The summed E-state index contributed by atoms with van der Waals surface area (Å²) in [6.07, 6.45) is 0. The third-order valence-corrected chi connectivity index (χ3v) is 3.59. The molecule has 0 radical (unpaired) electrons. The van der Waals surface area contributed by atoms with Gasteiger partial charge in [-0.1, -0.05) is 12.1 Å². The minimum atomic E-state index is -0.124. The highest BCUT2D eigenvalue weighted by atomic mass is 16.2. The molecule has 2 aromatic rings. The van der Waals surface area contributed by atoms with Gasteiger partial charge < -0.3 is 5.32 Å². The van der Waals surface area contributed by atoms with Crippen molar-refractivity contribution in [3.05, 3.63) is 46.2 Å². The molecule has 2 heterocycles. The highest BCUT2D eigenvalue weighted by Gasteiger charge is 2.20. The van der Waals surface area contributed by atoms with Gasteiger partial charge in [0.25, 0.3) is 5.56 Å². The number of nitrogens with one attached hydrogen (secondary N) is 1. The summed E-state index contributed by atoms with van der Waals surface area (Å²) in [7, 11) is 1.63. The van der Waals surface area contributed by atoms with Crippen LogP contribution in [0.25, 0.3) is 11.3 Å². The third-order valence-electron chi connectivity index (χ3n) is 3.59. The summed E-state index contributed by atoms with van der Waals surface area (Å²) in [5.41, 5.74) is 3.27. The summed E-state index contributed by atoms with van der Waals surface area (Å²) in [5, 5.41) is 7.07. The van der Waals surface area contributed by atoms with Gasteiger partial charge in [-0.25, -0.2) is 9.48 Å². The molecule has 1 aliphatic heterocycles. The van der Waals surface area contributed by atoms with Crippen molar-refractivity contribution in [1.29, 1.82) is 0 Å². The Kier molecular flexibility index (Phi) is 3.21. The Bertz CT molecular complexity index is 749. The second-order valence-corrected chi connectivity index (χ2v) is 5.07. The van der Waals surface area contributed by atoms with E-state index in [0.29, 0.717) is 13.1 Å². The zero-order valence-electron chi connectivity index (χ0n) is 12.0. The Labute approximate surface area is 122 Å². The molecule has 108 valence electrons. The Morgan fingerprint density at radius 3 is 2.52 bits per heavy atom. The first-order valence-electron chi connectivity index (χ1n) is 6.77. The largest absolute Gasteiger partial charge is 0.336 e. The average molecular weight is 284 g/mol. The lowest BCUT2D eigenvalue weighted by Crippen LogP contribution is -2.27. The molecule has 1 aliphatic rings. The molecule has 6 heteroatoms. The van der Waals surface area contributed by atoms with Crippen LogP contribution in [-0.4, -0.2) is 28.9 Å². The molecule has 21 heavy (non-hydrogen) atoms. The number of amides is 2. The van der Waals surface area contributed by atoms with Crippen LogP contribution < -0.4 is 15.8 Å². The van der Waals surface area contributed by atoms with Gasteiger partial charge >= 0.3 is 6.03 Å². The molecule has 2 amide bonds. The maximum absolute atomic E-state index is 11.6. The summed E-state index contributed by atoms with van der Waals surface area (Å²) < 4.78 is 1.32. The highest BCUT2D eigenvalue weighted by Crippen LogP contribution is 2.24. The number of urea groups is 1. The van der Waals surface area contributed by atoms with Gasteiger partial charge in [-0.15, -0.1) is 0 Å². The molecule has 1 N–H and O–H groups in total. The lowest BCUT2D eigenvalue weighted by Gasteiger charge is -2.15. The third kappa shape index (κ3) is 2.40. The molecule has 0 saturated carbocycles. The fourth-order valence-electron chi connectivity index (χ4n) is 2.43. The Morgan fingerprint density at radius 2 is 1.90 bits per heavy atom. The average Bonchev–Trinajstić information content (AvgIpc) is 2.89. The molecular weight excluding hydrogens is 268 g/mol. The van der Waals surface area contributed by atoms with E-state index in [9.17, 15) is 9.59 Å². The van der Waals surface area contributed by atoms with Crippen molar-refractivity contribution in [1.82, 2.24) is 15.1 Å². The van der Waals surface area contributed by atoms with Gasteiger partial charge in [-0.3, -0.25) is 9.69 Å². The van der Waals surface area contributed by atoms with Crippen LogP contribution in [0.3, 0.4) is 0 Å². The number of aryl methyl sites for hydroxylation is 2. The molecular formula is C15H16N4O2. The van der Waals surface area contributed by atoms with Gasteiger partial charge in [0.1, 0.15) is 0 Å². The molecule has 0 unspecified atom stereocenters. The standard InChI is InChI=1S/C15H16N4O2/c1-10-9-13(20)18(2)17-14(10)11-3-5-12(6-4-11)19-8-7-16-15(19)21/h3-6,9H,7-8H2,1-2H3,(H,16,21). The van der Waals surface area contributed by atoms with E-state index in [4.69, 9.17) is 0 Å². The fraction of sp³-hybridized carbons (Fsp3) is 0.267. The minimum Gasteiger partial charge on any atom is -0.336 e. The van der Waals surface area contributed by atoms with E-state index < -0.39 is 0 Å². The van der Waals surface area contributed by atoms with Crippen LogP contribution in [-0.2, 0) is 7.05 Å². The van der Waals surface area contributed by atoms with E-state index in [1.165, 1.54) is 4.68 Å². The number of aromatic nitrogens is 2. The van der Waals surface area contributed by atoms with Gasteiger partial charge in [0.15, 0.2) is 0 Å². The summed E-state index contributed by atoms with van der Waals surface area (Å²) in [5.74, 6) is 0. The smallest absolute Gasteiger partial charge is 0.321 e. The summed E-state index contributed by atoms with van der Waals surface area (Å²) in [4.78, 5) is 24.9. The van der Waals surface area contributed by atoms with E-state index in [1.807, 2.05) is 31.2 Å². The van der Waals surface area contributed by atoms with E-state index in [1.54, 1.807) is 18.0 Å². The second kappa shape index (κ2) is 5.05. The van der Waals surface area contributed by atoms with Gasteiger partial charge in [0.2, 0.25) is 0 Å². The van der Waals surface area contributed by atoms with Gasteiger partial charge in [0, 0.05) is 37.5 Å². The van der Waals surface area contributed by atoms with Gasteiger partial charge in [-0.05, 0) is 24.6 Å². The summed E-state index contributed by atoms with van der Waals surface area (Å²) >= 11 is 0. The number of hydrogen-bond acceptors (Lipinski definition) is 3. The zero-order valence-corrected chi connectivity index (χ0v) is 12.0. The molecule has 0 atom stereocenters. The van der Waals surface area contributed by atoms with Crippen molar-refractivity contribution in [2.45, 2.75) is 6.92 Å². The first-order chi connectivity index (χ1) is 10.1. The van der Waals surface area contributed by atoms with E-state index in [2.05, 4.69) is 10.4 Å². The predicted octanol–water partition coefficient (Wildman–Crippen LogP) is 1.29. The van der Waals surface area contributed by atoms with Crippen LogP contribution in [0.15, 0.2) is 35.1 Å². The van der Waals surface area contributed by atoms with E-state index in [-0.39, 0.29) is 11.6 Å². The molecule has 0 aliphatic carbocycles. The zero-order chi connectivity index (χ0) is 15.0. The van der Waals surface area contributed by atoms with Crippen molar-refractivity contribution in [3.63, 3.8) is 0 Å².